The molecule has 0 aromatic carbocycles. The van der Waals surface area contributed by atoms with Crippen molar-refractivity contribution in [1.82, 2.24) is 9.62 Å². The second-order valence-electron chi connectivity index (χ2n) is 5.13. The van der Waals surface area contributed by atoms with E-state index in [1.165, 1.54) is 14.1 Å². The fourth-order valence-electron chi connectivity index (χ4n) is 0.831. The molecule has 118 valence electrons. The van der Waals surface area contributed by atoms with Gasteiger partial charge in [-0.1, -0.05) is 0 Å². The van der Waals surface area contributed by atoms with E-state index in [9.17, 15) is 18.0 Å². The highest BCUT2D eigenvalue weighted by molar-refractivity contribution is 7.84. The maximum absolute atomic E-state index is 11.4. The van der Waals surface area contributed by atoms with Crippen molar-refractivity contribution >= 4 is 22.4 Å². The van der Waals surface area contributed by atoms with Gasteiger partial charge in [0, 0.05) is 20.6 Å². The van der Waals surface area contributed by atoms with Gasteiger partial charge in [0.25, 0.3) is 0 Å². The first-order valence-electron chi connectivity index (χ1n) is 5.73. The van der Waals surface area contributed by atoms with Crippen LogP contribution in [0.2, 0.25) is 0 Å². The predicted octanol–water partition coefficient (Wildman–Crippen LogP) is -0.812. The van der Waals surface area contributed by atoms with Crippen LogP contribution in [0.3, 0.4) is 0 Å². The molecule has 1 amide bonds. The molecule has 0 radical (unpaired) electrons. The molecule has 0 heterocycles. The van der Waals surface area contributed by atoms with E-state index >= 15 is 0 Å². The summed E-state index contributed by atoms with van der Waals surface area (Å²) in [5, 5.41) is 2.24. The lowest BCUT2D eigenvalue weighted by Crippen LogP contribution is -2.46. The lowest BCUT2D eigenvalue weighted by molar-refractivity contribution is -0.135. The first-order valence-corrected chi connectivity index (χ1v) is 7.10. The number of amides is 1. The van der Waals surface area contributed by atoms with Gasteiger partial charge in [0.2, 0.25) is 0 Å². The number of ether oxygens (including phenoxy) is 1. The summed E-state index contributed by atoms with van der Waals surface area (Å²) in [4.78, 5) is 22.7. The molecule has 0 saturated carbocycles. The summed E-state index contributed by atoms with van der Waals surface area (Å²) in [6.45, 7) is 4.70. The molecule has 0 rings (SSSR count). The summed E-state index contributed by atoms with van der Waals surface area (Å²) in [6.07, 6.45) is -0.767. The van der Waals surface area contributed by atoms with Gasteiger partial charge in [0.05, 0.1) is 0 Å². The third-order valence-corrected chi connectivity index (χ3v) is 3.07. The van der Waals surface area contributed by atoms with Gasteiger partial charge in [-0.2, -0.15) is 12.7 Å². The molecule has 0 aromatic rings. The predicted molar refractivity (Wildman–Crippen MR) is 70.9 cm³/mol. The highest BCUT2D eigenvalue weighted by Gasteiger charge is 2.25. The molecular weight excluding hydrogens is 290 g/mol. The number of hydrogen-bond donors (Lipinski definition) is 2. The van der Waals surface area contributed by atoms with Gasteiger partial charge in [-0.3, -0.25) is 0 Å². The van der Waals surface area contributed by atoms with Gasteiger partial charge in [0.15, 0.2) is 0 Å². The van der Waals surface area contributed by atoms with Crippen molar-refractivity contribution in [1.29, 1.82) is 0 Å². The van der Waals surface area contributed by atoms with Gasteiger partial charge < -0.3 is 20.0 Å². The fourth-order valence-corrected chi connectivity index (χ4v) is 1.31. The van der Waals surface area contributed by atoms with Crippen LogP contribution in [0.15, 0.2) is 0 Å². The van der Waals surface area contributed by atoms with E-state index < -0.39 is 34.0 Å². The molecule has 20 heavy (non-hydrogen) atoms. The topological polar surface area (TPSA) is 128 Å². The molecule has 9 nitrogen and oxygen atoms in total. The Bertz CT molecular complexity index is 454. The van der Waals surface area contributed by atoms with E-state index in [2.05, 4.69) is 9.50 Å². The van der Waals surface area contributed by atoms with Crippen LogP contribution in [0.5, 0.6) is 0 Å². The highest BCUT2D eigenvalue weighted by atomic mass is 32.2. The molecule has 0 aliphatic carbocycles. The molecule has 10 heteroatoms. The molecule has 0 aliphatic rings. The first-order chi connectivity index (χ1) is 8.85. The molecule has 0 spiro atoms. The number of alkyl carbamates (subject to hydrolysis) is 1. The Kier molecular flexibility index (Phi) is 6.38. The minimum Gasteiger partial charge on any atom is -0.444 e. The van der Waals surface area contributed by atoms with Crippen molar-refractivity contribution < 1.29 is 26.9 Å². The molecule has 1 atom stereocenters. The summed E-state index contributed by atoms with van der Waals surface area (Å²) < 4.78 is 32.5. The van der Waals surface area contributed by atoms with E-state index in [-0.39, 0.29) is 6.54 Å². The molecule has 0 aliphatic heterocycles. The molecule has 3 N–H and O–H groups in total. The molecule has 0 unspecified atom stereocenters. The Morgan fingerprint density at radius 2 is 1.80 bits per heavy atom. The normalized spacial score (nSPS) is 13.8. The maximum atomic E-state index is 11.4. The Hall–Kier alpha value is -1.39. The zero-order valence-corrected chi connectivity index (χ0v) is 13.0. The molecule has 0 fully saturated rings. The van der Waals surface area contributed by atoms with Gasteiger partial charge in [-0.05, 0) is 20.8 Å². The summed E-state index contributed by atoms with van der Waals surface area (Å²) in [6, 6.07) is -1.32. The van der Waals surface area contributed by atoms with Gasteiger partial charge >= 0.3 is 22.4 Å². The number of rotatable bonds is 5. The van der Waals surface area contributed by atoms with Crippen LogP contribution in [-0.2, 0) is 24.0 Å². The smallest absolute Gasteiger partial charge is 0.407 e. The van der Waals surface area contributed by atoms with E-state index in [0.717, 1.165) is 4.31 Å². The van der Waals surface area contributed by atoms with Crippen LogP contribution in [0.25, 0.3) is 0 Å². The van der Waals surface area contributed by atoms with Crippen LogP contribution in [0.1, 0.15) is 20.8 Å². The number of carbonyl (C=O) groups is 2. The van der Waals surface area contributed by atoms with E-state index in [4.69, 9.17) is 10.5 Å². The van der Waals surface area contributed by atoms with Crippen molar-refractivity contribution in [2.45, 2.75) is 32.4 Å². The first kappa shape index (κ1) is 18.6. The van der Waals surface area contributed by atoms with Crippen LogP contribution < -0.4 is 11.1 Å². The number of nitrogens with two attached hydrogens (primary N) is 1. The molecular formula is C10H21N3O6S. The van der Waals surface area contributed by atoms with Crippen LogP contribution in [0, 0.1) is 0 Å². The summed E-state index contributed by atoms with van der Waals surface area (Å²) >= 11 is 0. The molecule has 0 aromatic heterocycles. The molecule has 0 saturated heterocycles. The second-order valence-corrected chi connectivity index (χ2v) is 6.88. The minimum atomic E-state index is -4.15. The number of carbonyl (C=O) groups excluding carboxylic acids is 2. The zero-order chi connectivity index (χ0) is 16.1. The van der Waals surface area contributed by atoms with E-state index in [1.54, 1.807) is 20.8 Å². The summed E-state index contributed by atoms with van der Waals surface area (Å²) in [5.74, 6) is -1.17. The van der Waals surface area contributed by atoms with Gasteiger partial charge in [-0.25, -0.2) is 9.59 Å². The number of hydrogen-bond acceptors (Lipinski definition) is 7. The lowest BCUT2D eigenvalue weighted by atomic mass is 10.2. The summed E-state index contributed by atoms with van der Waals surface area (Å²) in [7, 11) is -1.75. The highest BCUT2D eigenvalue weighted by Crippen LogP contribution is 2.06. The van der Waals surface area contributed by atoms with Crippen molar-refractivity contribution in [2.75, 3.05) is 20.6 Å². The average molecular weight is 311 g/mol. The average Bonchev–Trinajstić information content (AvgIpc) is 2.22. The minimum absolute atomic E-state index is 0.309. The van der Waals surface area contributed by atoms with Crippen LogP contribution in [-0.4, -0.2) is 57.1 Å². The summed E-state index contributed by atoms with van der Waals surface area (Å²) in [5.41, 5.74) is 4.72. The fraction of sp³-hybridized carbons (Fsp3) is 0.800. The Balaban J connectivity index is 4.33. The third kappa shape index (κ3) is 7.26. The lowest BCUT2D eigenvalue weighted by Gasteiger charge is -2.20. The van der Waals surface area contributed by atoms with E-state index in [0.29, 0.717) is 0 Å². The molecule has 0 bridgehead atoms. The van der Waals surface area contributed by atoms with Crippen molar-refractivity contribution in [3.63, 3.8) is 0 Å². The van der Waals surface area contributed by atoms with Crippen LogP contribution >= 0.6 is 0 Å². The monoisotopic (exact) mass is 311 g/mol. The van der Waals surface area contributed by atoms with Crippen molar-refractivity contribution in [3.8, 4) is 0 Å². The Labute approximate surface area is 118 Å². The standard InChI is InChI=1S/C10H21N3O6S/c1-10(2,3)18-9(15)12-6-7(11)8(14)19-20(16,17)13(4)5/h7H,6,11H2,1-5H3,(H,12,15)/t7-/m0/s1. The van der Waals surface area contributed by atoms with Crippen molar-refractivity contribution in [3.05, 3.63) is 0 Å². The Morgan fingerprint density at radius 3 is 2.20 bits per heavy atom. The van der Waals surface area contributed by atoms with Crippen molar-refractivity contribution in [2.24, 2.45) is 5.73 Å². The Morgan fingerprint density at radius 1 is 1.30 bits per heavy atom. The number of nitrogens with zero attached hydrogens (tertiary/aromatic N) is 1. The largest absolute Gasteiger partial charge is 0.444 e. The van der Waals surface area contributed by atoms with Crippen LogP contribution in [0.4, 0.5) is 4.79 Å². The van der Waals surface area contributed by atoms with Gasteiger partial charge in [-0.15, -0.1) is 0 Å². The number of nitrogens with one attached hydrogen (secondary N) is 1. The maximum Gasteiger partial charge on any atom is 0.407 e. The SMILES string of the molecule is CN(C)S(=O)(=O)OC(=O)[C@@H](N)CNC(=O)OC(C)(C)C. The zero-order valence-electron chi connectivity index (χ0n) is 12.2. The quantitative estimate of drug-likeness (QED) is 0.679. The van der Waals surface area contributed by atoms with E-state index in [1.807, 2.05) is 0 Å². The second kappa shape index (κ2) is 6.86. The third-order valence-electron chi connectivity index (χ3n) is 1.80. The van der Waals surface area contributed by atoms with Gasteiger partial charge in [0.1, 0.15) is 11.6 Å².